The zero-order chi connectivity index (χ0) is 13.2. The van der Waals surface area contributed by atoms with Gasteiger partial charge >= 0.3 is 0 Å². The number of ether oxygens (including phenoxy) is 1. The highest BCUT2D eigenvalue weighted by Gasteiger charge is 2.37. The normalized spacial score (nSPS) is 21.2. The lowest BCUT2D eigenvalue weighted by molar-refractivity contribution is 0.301. The van der Waals surface area contributed by atoms with Crippen LogP contribution in [0.15, 0.2) is 48.5 Å². The summed E-state index contributed by atoms with van der Waals surface area (Å²) in [6, 6.07) is 14.7. The van der Waals surface area contributed by atoms with Crippen molar-refractivity contribution in [3.8, 4) is 5.75 Å². The van der Waals surface area contributed by atoms with Crippen molar-refractivity contribution in [1.29, 1.82) is 0 Å². The van der Waals surface area contributed by atoms with E-state index in [0.717, 1.165) is 17.5 Å². The number of halogens is 1. The topological polar surface area (TPSA) is 35.2 Å². The highest BCUT2D eigenvalue weighted by molar-refractivity contribution is 5.41. The molecule has 2 unspecified atom stereocenters. The van der Waals surface area contributed by atoms with Crippen molar-refractivity contribution in [3.63, 3.8) is 0 Å². The van der Waals surface area contributed by atoms with Gasteiger partial charge in [0.25, 0.3) is 0 Å². The molecule has 19 heavy (non-hydrogen) atoms. The van der Waals surface area contributed by atoms with Gasteiger partial charge in [-0.05, 0) is 23.6 Å². The SMILES string of the molecule is NC1CC1c1ccc(F)cc1OCc1ccccc1. The molecular weight excluding hydrogens is 241 g/mol. The quantitative estimate of drug-likeness (QED) is 0.912. The molecule has 2 aromatic carbocycles. The highest BCUT2D eigenvalue weighted by atomic mass is 19.1. The first-order chi connectivity index (χ1) is 9.24. The van der Waals surface area contributed by atoms with Gasteiger partial charge in [0.2, 0.25) is 0 Å². The first kappa shape index (κ1) is 12.2. The van der Waals surface area contributed by atoms with Crippen LogP contribution in [0.3, 0.4) is 0 Å². The maximum absolute atomic E-state index is 13.3. The number of benzene rings is 2. The van der Waals surface area contributed by atoms with Crippen molar-refractivity contribution in [2.45, 2.75) is 25.0 Å². The summed E-state index contributed by atoms with van der Waals surface area (Å²) in [6.07, 6.45) is 0.952. The van der Waals surface area contributed by atoms with Crippen molar-refractivity contribution in [2.24, 2.45) is 5.73 Å². The molecule has 2 atom stereocenters. The number of nitrogens with two attached hydrogens (primary N) is 1. The van der Waals surface area contributed by atoms with Gasteiger partial charge < -0.3 is 10.5 Å². The Morgan fingerprint density at radius 3 is 2.58 bits per heavy atom. The van der Waals surface area contributed by atoms with E-state index in [4.69, 9.17) is 10.5 Å². The third-order valence-electron chi connectivity index (χ3n) is 3.45. The van der Waals surface area contributed by atoms with Gasteiger partial charge in [-0.1, -0.05) is 36.4 Å². The summed E-state index contributed by atoms with van der Waals surface area (Å²) in [6.45, 7) is 0.444. The highest BCUT2D eigenvalue weighted by Crippen LogP contribution is 2.43. The summed E-state index contributed by atoms with van der Waals surface area (Å²) in [5, 5.41) is 0. The average molecular weight is 257 g/mol. The average Bonchev–Trinajstić information content (AvgIpc) is 3.14. The third-order valence-corrected chi connectivity index (χ3v) is 3.45. The number of hydrogen-bond donors (Lipinski definition) is 1. The predicted molar refractivity (Wildman–Crippen MR) is 72.5 cm³/mol. The van der Waals surface area contributed by atoms with Crippen LogP contribution in [0.2, 0.25) is 0 Å². The third kappa shape index (κ3) is 2.76. The molecule has 1 saturated carbocycles. The number of hydrogen-bond acceptors (Lipinski definition) is 2. The van der Waals surface area contributed by atoms with E-state index in [-0.39, 0.29) is 11.9 Å². The fourth-order valence-electron chi connectivity index (χ4n) is 2.25. The van der Waals surface area contributed by atoms with Crippen molar-refractivity contribution in [3.05, 3.63) is 65.5 Å². The molecule has 2 nitrogen and oxygen atoms in total. The molecule has 0 saturated heterocycles. The van der Waals surface area contributed by atoms with Gasteiger partial charge in [-0.2, -0.15) is 0 Å². The smallest absolute Gasteiger partial charge is 0.126 e. The summed E-state index contributed by atoms with van der Waals surface area (Å²) in [4.78, 5) is 0. The Hall–Kier alpha value is -1.87. The zero-order valence-corrected chi connectivity index (χ0v) is 10.6. The maximum atomic E-state index is 13.3. The molecule has 1 aliphatic rings. The van der Waals surface area contributed by atoms with Crippen LogP contribution < -0.4 is 10.5 Å². The Bertz CT molecular complexity index is 570. The standard InChI is InChI=1S/C16H16FNO/c17-12-6-7-13(14-9-15(14)18)16(8-12)19-10-11-4-2-1-3-5-11/h1-8,14-15H,9-10,18H2. The van der Waals surface area contributed by atoms with Gasteiger partial charge in [-0.25, -0.2) is 4.39 Å². The second-order valence-corrected chi connectivity index (χ2v) is 4.96. The fraction of sp³-hybridized carbons (Fsp3) is 0.250. The van der Waals surface area contributed by atoms with Crippen LogP contribution in [0.1, 0.15) is 23.5 Å². The molecule has 0 amide bonds. The second kappa shape index (κ2) is 5.02. The molecule has 0 heterocycles. The Morgan fingerprint density at radius 2 is 1.89 bits per heavy atom. The molecule has 0 spiro atoms. The Morgan fingerprint density at radius 1 is 1.16 bits per heavy atom. The molecule has 0 radical (unpaired) electrons. The van der Waals surface area contributed by atoms with Crippen LogP contribution in [-0.2, 0) is 6.61 Å². The van der Waals surface area contributed by atoms with Gasteiger partial charge in [0.05, 0.1) is 0 Å². The van der Waals surface area contributed by atoms with Crippen LogP contribution >= 0.6 is 0 Å². The molecule has 98 valence electrons. The van der Waals surface area contributed by atoms with E-state index in [9.17, 15) is 4.39 Å². The Kier molecular flexibility index (Phi) is 3.22. The molecule has 1 aliphatic carbocycles. The largest absolute Gasteiger partial charge is 0.489 e. The van der Waals surface area contributed by atoms with E-state index in [1.54, 1.807) is 6.07 Å². The van der Waals surface area contributed by atoms with Crippen LogP contribution in [-0.4, -0.2) is 6.04 Å². The van der Waals surface area contributed by atoms with Gasteiger partial charge in [0.15, 0.2) is 0 Å². The summed E-state index contributed by atoms with van der Waals surface area (Å²) in [7, 11) is 0. The molecule has 1 fully saturated rings. The van der Waals surface area contributed by atoms with Crippen molar-refractivity contribution < 1.29 is 9.13 Å². The van der Waals surface area contributed by atoms with E-state index in [2.05, 4.69) is 0 Å². The second-order valence-electron chi connectivity index (χ2n) is 4.96. The zero-order valence-electron chi connectivity index (χ0n) is 10.6. The number of rotatable bonds is 4. The van der Waals surface area contributed by atoms with Crippen molar-refractivity contribution in [2.75, 3.05) is 0 Å². The summed E-state index contributed by atoms with van der Waals surface area (Å²) >= 11 is 0. The van der Waals surface area contributed by atoms with Crippen molar-refractivity contribution in [1.82, 2.24) is 0 Å². The summed E-state index contributed by atoms with van der Waals surface area (Å²) in [5.41, 5.74) is 7.95. The molecule has 0 bridgehead atoms. The first-order valence-corrected chi connectivity index (χ1v) is 6.46. The van der Waals surface area contributed by atoms with Crippen LogP contribution in [0.4, 0.5) is 4.39 Å². The van der Waals surface area contributed by atoms with E-state index in [1.165, 1.54) is 12.1 Å². The van der Waals surface area contributed by atoms with Crippen LogP contribution in [0, 0.1) is 5.82 Å². The van der Waals surface area contributed by atoms with Gasteiger partial charge in [-0.3, -0.25) is 0 Å². The molecule has 2 aromatic rings. The Labute approximate surface area is 112 Å². The van der Waals surface area contributed by atoms with Crippen LogP contribution in [0.25, 0.3) is 0 Å². The van der Waals surface area contributed by atoms with E-state index < -0.39 is 0 Å². The molecule has 3 heteroatoms. The minimum absolute atomic E-state index is 0.185. The Balaban J connectivity index is 1.78. The van der Waals surface area contributed by atoms with Crippen LogP contribution in [0.5, 0.6) is 5.75 Å². The molecule has 3 rings (SSSR count). The minimum Gasteiger partial charge on any atom is -0.489 e. The lowest BCUT2D eigenvalue weighted by Gasteiger charge is -2.11. The minimum atomic E-state index is -0.277. The predicted octanol–water partition coefficient (Wildman–Crippen LogP) is 3.22. The lowest BCUT2D eigenvalue weighted by atomic mass is 10.1. The molecular formula is C16H16FNO. The lowest BCUT2D eigenvalue weighted by Crippen LogP contribution is -2.04. The van der Waals surface area contributed by atoms with Gasteiger partial charge in [0, 0.05) is 18.0 Å². The monoisotopic (exact) mass is 257 g/mol. The fourth-order valence-corrected chi connectivity index (χ4v) is 2.25. The van der Waals surface area contributed by atoms with E-state index >= 15 is 0 Å². The first-order valence-electron chi connectivity index (χ1n) is 6.46. The molecule has 0 aliphatic heterocycles. The van der Waals surface area contributed by atoms with E-state index in [0.29, 0.717) is 18.3 Å². The van der Waals surface area contributed by atoms with E-state index in [1.807, 2.05) is 30.3 Å². The summed E-state index contributed by atoms with van der Waals surface area (Å²) < 4.78 is 19.1. The van der Waals surface area contributed by atoms with Gasteiger partial charge in [-0.15, -0.1) is 0 Å². The molecule has 2 N–H and O–H groups in total. The van der Waals surface area contributed by atoms with Crippen molar-refractivity contribution >= 4 is 0 Å². The maximum Gasteiger partial charge on any atom is 0.126 e. The van der Waals surface area contributed by atoms with Gasteiger partial charge in [0.1, 0.15) is 18.2 Å². The molecule has 0 aromatic heterocycles. The summed E-state index contributed by atoms with van der Waals surface area (Å²) in [5.74, 6) is 0.647.